The molecular formula is C18H17Cl2N3O4. The molecule has 3 rings (SSSR count). The molecule has 142 valence electrons. The van der Waals surface area contributed by atoms with Crippen LogP contribution in [0.2, 0.25) is 10.0 Å². The van der Waals surface area contributed by atoms with Gasteiger partial charge in [0.2, 0.25) is 11.8 Å². The number of pyridine rings is 1. The lowest BCUT2D eigenvalue weighted by atomic mass is 10.2. The highest BCUT2D eigenvalue weighted by Crippen LogP contribution is 2.31. The highest BCUT2D eigenvalue weighted by atomic mass is 35.5. The Morgan fingerprint density at radius 1 is 1.26 bits per heavy atom. The molecule has 0 aliphatic carbocycles. The molecule has 0 saturated carbocycles. The van der Waals surface area contributed by atoms with Crippen LogP contribution in [0, 0.1) is 6.92 Å². The minimum Gasteiger partial charge on any atom is -0.508 e. The van der Waals surface area contributed by atoms with Crippen LogP contribution in [0.3, 0.4) is 0 Å². The van der Waals surface area contributed by atoms with Gasteiger partial charge in [-0.1, -0.05) is 23.2 Å². The number of nitrogens with zero attached hydrogens (tertiary/aromatic N) is 2. The molecule has 2 aromatic rings. The normalized spacial score (nSPS) is 16.6. The second kappa shape index (κ2) is 7.62. The molecule has 1 atom stereocenters. The smallest absolute Gasteiger partial charge is 0.254 e. The summed E-state index contributed by atoms with van der Waals surface area (Å²) in [4.78, 5) is 38.4. The summed E-state index contributed by atoms with van der Waals surface area (Å²) in [7, 11) is 0. The molecule has 2 heterocycles. The molecule has 0 radical (unpaired) electrons. The highest BCUT2D eigenvalue weighted by molar-refractivity contribution is 6.36. The molecule has 1 aliphatic heterocycles. The average Bonchev–Trinajstić information content (AvgIpc) is 2.92. The Morgan fingerprint density at radius 2 is 2.00 bits per heavy atom. The average molecular weight is 410 g/mol. The number of anilines is 1. The predicted octanol–water partition coefficient (Wildman–Crippen LogP) is 2.09. The lowest BCUT2D eigenvalue weighted by Crippen LogP contribution is -2.44. The van der Waals surface area contributed by atoms with Gasteiger partial charge in [-0.25, -0.2) is 0 Å². The zero-order valence-electron chi connectivity index (χ0n) is 14.4. The fraction of sp³-hybridized carbons (Fsp3) is 0.278. The molecule has 1 aromatic heterocycles. The third-order valence-electron chi connectivity index (χ3n) is 4.36. The van der Waals surface area contributed by atoms with E-state index >= 15 is 0 Å². The summed E-state index contributed by atoms with van der Waals surface area (Å²) in [5.41, 5.74) is 0.492. The first-order valence-electron chi connectivity index (χ1n) is 8.22. The summed E-state index contributed by atoms with van der Waals surface area (Å²) in [6.07, 6.45) is 0.424. The van der Waals surface area contributed by atoms with Gasteiger partial charge < -0.3 is 19.9 Å². The Morgan fingerprint density at radius 3 is 2.67 bits per heavy atom. The number of carbonyl (C=O) groups is 2. The summed E-state index contributed by atoms with van der Waals surface area (Å²) >= 11 is 12.0. The maximum absolute atomic E-state index is 12.6. The van der Waals surface area contributed by atoms with Gasteiger partial charge in [-0.15, -0.1) is 0 Å². The Kier molecular flexibility index (Phi) is 5.43. The van der Waals surface area contributed by atoms with Gasteiger partial charge in [0.15, 0.2) is 0 Å². The largest absolute Gasteiger partial charge is 0.508 e. The zero-order chi connectivity index (χ0) is 19.7. The van der Waals surface area contributed by atoms with Gasteiger partial charge in [0.1, 0.15) is 18.3 Å². The van der Waals surface area contributed by atoms with Crippen molar-refractivity contribution in [3.05, 3.63) is 56.4 Å². The molecule has 9 heteroatoms. The molecule has 2 amide bonds. The van der Waals surface area contributed by atoms with E-state index in [0.717, 1.165) is 6.07 Å². The number of aryl methyl sites for hydroxylation is 1. The number of aromatic hydroxyl groups is 1. The van der Waals surface area contributed by atoms with Crippen LogP contribution in [0.15, 0.2) is 35.1 Å². The van der Waals surface area contributed by atoms with Crippen molar-refractivity contribution >= 4 is 40.7 Å². The van der Waals surface area contributed by atoms with E-state index in [9.17, 15) is 19.5 Å². The van der Waals surface area contributed by atoms with Crippen LogP contribution in [-0.4, -0.2) is 34.1 Å². The second-order valence-electron chi connectivity index (χ2n) is 6.27. The molecule has 0 bridgehead atoms. The summed E-state index contributed by atoms with van der Waals surface area (Å²) in [6.45, 7) is 1.78. The number of aromatic nitrogens is 1. The van der Waals surface area contributed by atoms with Crippen LogP contribution in [0.4, 0.5) is 5.69 Å². The molecule has 1 aliphatic rings. The number of rotatable bonds is 4. The third-order valence-corrected chi connectivity index (χ3v) is 4.90. The Hall–Kier alpha value is -2.51. The Labute approximate surface area is 165 Å². The van der Waals surface area contributed by atoms with Crippen molar-refractivity contribution in [2.24, 2.45) is 0 Å². The first-order chi connectivity index (χ1) is 12.8. The first kappa shape index (κ1) is 19.3. The number of hydrogen-bond donors (Lipinski definition) is 2. The van der Waals surface area contributed by atoms with Crippen LogP contribution in [0.25, 0.3) is 0 Å². The van der Waals surface area contributed by atoms with Gasteiger partial charge >= 0.3 is 0 Å². The van der Waals surface area contributed by atoms with Gasteiger partial charge in [0.25, 0.3) is 5.56 Å². The van der Waals surface area contributed by atoms with E-state index in [1.165, 1.54) is 15.5 Å². The van der Waals surface area contributed by atoms with Crippen molar-refractivity contribution in [2.45, 2.75) is 25.9 Å². The highest BCUT2D eigenvalue weighted by Gasteiger charge is 2.34. The fourth-order valence-electron chi connectivity index (χ4n) is 3.05. The minimum absolute atomic E-state index is 0.157. The molecule has 27 heavy (non-hydrogen) atoms. The van der Waals surface area contributed by atoms with Gasteiger partial charge in [0, 0.05) is 23.3 Å². The SMILES string of the molecule is Cc1cc(O)cc(=O)n1CC(=O)NC1CCN(c2ccc(Cl)cc2Cl)C1=O. The maximum atomic E-state index is 12.6. The zero-order valence-corrected chi connectivity index (χ0v) is 15.9. The number of halogens is 2. The summed E-state index contributed by atoms with van der Waals surface area (Å²) in [5.74, 6) is -0.897. The Bertz CT molecular complexity index is 974. The van der Waals surface area contributed by atoms with Crippen LogP contribution in [0.1, 0.15) is 12.1 Å². The van der Waals surface area contributed by atoms with E-state index in [-0.39, 0.29) is 18.2 Å². The van der Waals surface area contributed by atoms with Gasteiger partial charge in [-0.05, 0) is 37.6 Å². The van der Waals surface area contributed by atoms with Crippen molar-refractivity contribution in [1.82, 2.24) is 9.88 Å². The summed E-state index contributed by atoms with van der Waals surface area (Å²) < 4.78 is 1.22. The monoisotopic (exact) mass is 409 g/mol. The quantitative estimate of drug-likeness (QED) is 0.808. The number of benzene rings is 1. The van der Waals surface area contributed by atoms with Crippen LogP contribution in [-0.2, 0) is 16.1 Å². The van der Waals surface area contributed by atoms with Gasteiger partial charge in [-0.3, -0.25) is 14.4 Å². The van der Waals surface area contributed by atoms with Gasteiger partial charge in [0.05, 0.1) is 10.7 Å². The summed E-state index contributed by atoms with van der Waals surface area (Å²) in [5, 5.41) is 12.9. The number of amides is 2. The lowest BCUT2D eigenvalue weighted by molar-refractivity contribution is -0.126. The van der Waals surface area contributed by atoms with E-state index in [4.69, 9.17) is 23.2 Å². The fourth-order valence-corrected chi connectivity index (χ4v) is 3.56. The predicted molar refractivity (Wildman–Crippen MR) is 102 cm³/mol. The standard InChI is InChI=1S/C18H17Cl2N3O4/c1-10-6-12(24)8-17(26)23(10)9-16(25)21-14-4-5-22(18(14)27)15-3-2-11(19)7-13(15)20/h2-3,6-8,14,24H,4-5,9H2,1H3,(H,21,25). The van der Waals surface area contributed by atoms with Gasteiger partial charge in [-0.2, -0.15) is 0 Å². The number of hydrogen-bond acceptors (Lipinski definition) is 4. The van der Waals surface area contributed by atoms with Crippen LogP contribution >= 0.6 is 23.2 Å². The molecule has 2 N–H and O–H groups in total. The number of nitrogens with one attached hydrogen (secondary N) is 1. The molecule has 0 spiro atoms. The summed E-state index contributed by atoms with van der Waals surface area (Å²) in [6, 6.07) is 6.58. The molecule has 1 aromatic carbocycles. The minimum atomic E-state index is -0.697. The van der Waals surface area contributed by atoms with Crippen molar-refractivity contribution in [2.75, 3.05) is 11.4 Å². The maximum Gasteiger partial charge on any atom is 0.254 e. The van der Waals surface area contributed by atoms with E-state index < -0.39 is 17.5 Å². The van der Waals surface area contributed by atoms with Crippen molar-refractivity contribution < 1.29 is 14.7 Å². The molecular weight excluding hydrogens is 393 g/mol. The topological polar surface area (TPSA) is 91.6 Å². The lowest BCUT2D eigenvalue weighted by Gasteiger charge is -2.19. The van der Waals surface area contributed by atoms with Crippen LogP contribution in [0.5, 0.6) is 5.75 Å². The second-order valence-corrected chi connectivity index (χ2v) is 7.12. The number of carbonyl (C=O) groups excluding carboxylic acids is 2. The van der Waals surface area contributed by atoms with E-state index in [1.807, 2.05) is 0 Å². The molecule has 1 fully saturated rings. The van der Waals surface area contributed by atoms with Crippen molar-refractivity contribution in [1.29, 1.82) is 0 Å². The Balaban J connectivity index is 1.69. The first-order valence-corrected chi connectivity index (χ1v) is 8.98. The van der Waals surface area contributed by atoms with Crippen LogP contribution < -0.4 is 15.8 Å². The molecule has 1 saturated heterocycles. The van der Waals surface area contributed by atoms with Crippen molar-refractivity contribution in [3.8, 4) is 5.75 Å². The third kappa shape index (κ3) is 4.09. The van der Waals surface area contributed by atoms with E-state index in [0.29, 0.717) is 34.4 Å². The van der Waals surface area contributed by atoms with Crippen molar-refractivity contribution in [3.63, 3.8) is 0 Å². The van der Waals surface area contributed by atoms with E-state index in [1.54, 1.807) is 25.1 Å². The molecule has 7 nitrogen and oxygen atoms in total. The molecule has 1 unspecified atom stereocenters. The van der Waals surface area contributed by atoms with E-state index in [2.05, 4.69) is 5.32 Å².